The van der Waals surface area contributed by atoms with Crippen LogP contribution in [0.25, 0.3) is 0 Å². The molecule has 0 radical (unpaired) electrons. The lowest BCUT2D eigenvalue weighted by atomic mass is 9.85. The fraction of sp³-hybridized carbons (Fsp3) is 0.688. The number of pyridine rings is 1. The van der Waals surface area contributed by atoms with E-state index in [-0.39, 0.29) is 6.61 Å². The molecule has 0 aromatic carbocycles. The highest BCUT2D eigenvalue weighted by Crippen LogP contribution is 2.29. The monoisotopic (exact) mass is 262 g/mol. The second-order valence-electron chi connectivity index (χ2n) is 5.91. The topological polar surface area (TPSA) is 36.4 Å². The summed E-state index contributed by atoms with van der Waals surface area (Å²) in [4.78, 5) is 7.13. The number of hydrogen-bond acceptors (Lipinski definition) is 3. The molecular formula is C16H26N2O. The number of aliphatic hydroxyl groups is 1. The van der Waals surface area contributed by atoms with Gasteiger partial charge in [0.25, 0.3) is 0 Å². The van der Waals surface area contributed by atoms with Crippen molar-refractivity contribution in [2.24, 2.45) is 5.92 Å². The molecule has 19 heavy (non-hydrogen) atoms. The molecule has 1 aliphatic rings. The first-order valence-corrected chi connectivity index (χ1v) is 7.50. The minimum absolute atomic E-state index is 0.0935. The van der Waals surface area contributed by atoms with Crippen LogP contribution in [0, 0.1) is 5.92 Å². The average molecular weight is 262 g/mol. The zero-order valence-corrected chi connectivity index (χ0v) is 12.4. The lowest BCUT2D eigenvalue weighted by Crippen LogP contribution is -2.33. The summed E-state index contributed by atoms with van der Waals surface area (Å²) in [6.07, 6.45) is 4.09. The summed E-state index contributed by atoms with van der Waals surface area (Å²) < 4.78 is 0. The van der Waals surface area contributed by atoms with E-state index < -0.39 is 0 Å². The molecular weight excluding hydrogens is 236 g/mol. The fourth-order valence-electron chi connectivity index (χ4n) is 2.51. The van der Waals surface area contributed by atoms with Crippen molar-refractivity contribution in [1.82, 2.24) is 4.98 Å². The van der Waals surface area contributed by atoms with E-state index in [9.17, 15) is 5.11 Å². The SMILES string of the molecule is CCN(CC1CCC1)c1cc(CO)cc(C(C)C)n1. The first kappa shape index (κ1) is 14.3. The van der Waals surface area contributed by atoms with Gasteiger partial charge in [0, 0.05) is 18.8 Å². The molecule has 1 aliphatic carbocycles. The zero-order chi connectivity index (χ0) is 13.8. The molecule has 3 heteroatoms. The molecule has 1 heterocycles. The maximum Gasteiger partial charge on any atom is 0.129 e. The van der Waals surface area contributed by atoms with E-state index in [2.05, 4.69) is 25.7 Å². The van der Waals surface area contributed by atoms with Crippen LogP contribution in [0.5, 0.6) is 0 Å². The molecule has 0 unspecified atom stereocenters. The van der Waals surface area contributed by atoms with Gasteiger partial charge in [-0.1, -0.05) is 20.3 Å². The van der Waals surface area contributed by atoms with E-state index in [1.807, 2.05) is 12.1 Å². The number of rotatable bonds is 6. The van der Waals surface area contributed by atoms with Crippen LogP contribution in [0.3, 0.4) is 0 Å². The molecule has 0 atom stereocenters. The molecule has 1 N–H and O–H groups in total. The number of aliphatic hydroxyl groups excluding tert-OH is 1. The van der Waals surface area contributed by atoms with Gasteiger partial charge in [0.2, 0.25) is 0 Å². The minimum Gasteiger partial charge on any atom is -0.392 e. The summed E-state index contributed by atoms with van der Waals surface area (Å²) >= 11 is 0. The van der Waals surface area contributed by atoms with Crippen LogP contribution in [0.2, 0.25) is 0 Å². The van der Waals surface area contributed by atoms with Crippen molar-refractivity contribution in [3.8, 4) is 0 Å². The van der Waals surface area contributed by atoms with E-state index in [4.69, 9.17) is 4.98 Å². The minimum atomic E-state index is 0.0935. The van der Waals surface area contributed by atoms with E-state index in [0.717, 1.165) is 36.1 Å². The fourth-order valence-corrected chi connectivity index (χ4v) is 2.51. The van der Waals surface area contributed by atoms with Crippen molar-refractivity contribution < 1.29 is 5.11 Å². The Morgan fingerprint density at radius 3 is 2.58 bits per heavy atom. The van der Waals surface area contributed by atoms with Crippen molar-refractivity contribution in [2.45, 2.75) is 52.6 Å². The average Bonchev–Trinajstić information content (AvgIpc) is 2.37. The van der Waals surface area contributed by atoms with Crippen LogP contribution in [0.1, 0.15) is 57.2 Å². The van der Waals surface area contributed by atoms with Gasteiger partial charge in [-0.25, -0.2) is 4.98 Å². The van der Waals surface area contributed by atoms with E-state index in [0.29, 0.717) is 5.92 Å². The van der Waals surface area contributed by atoms with Gasteiger partial charge in [0.05, 0.1) is 6.61 Å². The third kappa shape index (κ3) is 3.47. The second kappa shape index (κ2) is 6.38. The Bertz CT molecular complexity index is 413. The lowest BCUT2D eigenvalue weighted by molar-refractivity contribution is 0.281. The highest BCUT2D eigenvalue weighted by atomic mass is 16.3. The number of aromatic nitrogens is 1. The summed E-state index contributed by atoms with van der Waals surface area (Å²) in [6, 6.07) is 4.05. The lowest BCUT2D eigenvalue weighted by Gasteiger charge is -2.33. The van der Waals surface area contributed by atoms with Gasteiger partial charge in [0.15, 0.2) is 0 Å². The van der Waals surface area contributed by atoms with Crippen LogP contribution < -0.4 is 4.90 Å². The number of nitrogens with zero attached hydrogens (tertiary/aromatic N) is 2. The third-order valence-corrected chi connectivity index (χ3v) is 4.07. The summed E-state index contributed by atoms with van der Waals surface area (Å²) in [5.41, 5.74) is 2.05. The van der Waals surface area contributed by atoms with Gasteiger partial charge in [-0.2, -0.15) is 0 Å². The van der Waals surface area contributed by atoms with Crippen LogP contribution in [0.15, 0.2) is 12.1 Å². The predicted molar refractivity (Wildman–Crippen MR) is 79.5 cm³/mol. The van der Waals surface area contributed by atoms with Gasteiger partial charge in [-0.05, 0) is 49.3 Å². The summed E-state index contributed by atoms with van der Waals surface area (Å²) in [6.45, 7) is 8.66. The van der Waals surface area contributed by atoms with Crippen LogP contribution in [0.4, 0.5) is 5.82 Å². The van der Waals surface area contributed by atoms with Gasteiger partial charge in [-0.3, -0.25) is 0 Å². The van der Waals surface area contributed by atoms with E-state index in [1.165, 1.54) is 19.3 Å². The van der Waals surface area contributed by atoms with Crippen LogP contribution in [-0.4, -0.2) is 23.2 Å². The molecule has 1 fully saturated rings. The Kier molecular flexibility index (Phi) is 4.81. The molecule has 1 aromatic heterocycles. The highest BCUT2D eigenvalue weighted by molar-refractivity contribution is 5.43. The number of anilines is 1. The van der Waals surface area contributed by atoms with Crippen molar-refractivity contribution in [2.75, 3.05) is 18.0 Å². The van der Waals surface area contributed by atoms with Gasteiger partial charge >= 0.3 is 0 Å². The molecule has 0 saturated heterocycles. The Morgan fingerprint density at radius 2 is 2.11 bits per heavy atom. The Balaban J connectivity index is 2.21. The smallest absolute Gasteiger partial charge is 0.129 e. The Hall–Kier alpha value is -1.09. The third-order valence-electron chi connectivity index (χ3n) is 4.07. The van der Waals surface area contributed by atoms with Gasteiger partial charge in [-0.15, -0.1) is 0 Å². The van der Waals surface area contributed by atoms with Crippen molar-refractivity contribution >= 4 is 5.82 Å². The number of hydrogen-bond donors (Lipinski definition) is 1. The normalized spacial score (nSPS) is 15.6. The molecule has 2 rings (SSSR count). The summed E-state index contributed by atoms with van der Waals surface area (Å²) in [7, 11) is 0. The molecule has 1 aromatic rings. The zero-order valence-electron chi connectivity index (χ0n) is 12.4. The summed E-state index contributed by atoms with van der Waals surface area (Å²) in [5, 5.41) is 9.42. The molecule has 0 spiro atoms. The van der Waals surface area contributed by atoms with Gasteiger partial charge in [0.1, 0.15) is 5.82 Å². The predicted octanol–water partition coefficient (Wildman–Crippen LogP) is 3.32. The Morgan fingerprint density at radius 1 is 1.37 bits per heavy atom. The van der Waals surface area contributed by atoms with Gasteiger partial charge < -0.3 is 10.0 Å². The summed E-state index contributed by atoms with van der Waals surface area (Å²) in [5.74, 6) is 2.26. The molecule has 106 valence electrons. The van der Waals surface area contributed by atoms with Crippen molar-refractivity contribution in [3.63, 3.8) is 0 Å². The molecule has 3 nitrogen and oxygen atoms in total. The quantitative estimate of drug-likeness (QED) is 0.854. The van der Waals surface area contributed by atoms with Crippen molar-refractivity contribution in [3.05, 3.63) is 23.4 Å². The standard InChI is InChI=1S/C16H26N2O/c1-4-18(10-13-6-5-7-13)16-9-14(11-19)8-15(17-16)12(2)3/h8-9,12-13,19H,4-7,10-11H2,1-3H3. The second-order valence-corrected chi connectivity index (χ2v) is 5.91. The largest absolute Gasteiger partial charge is 0.392 e. The maximum absolute atomic E-state index is 9.42. The molecule has 0 amide bonds. The first-order chi connectivity index (χ1) is 9.13. The molecule has 0 aliphatic heterocycles. The van der Waals surface area contributed by atoms with Crippen LogP contribution in [-0.2, 0) is 6.61 Å². The highest BCUT2D eigenvalue weighted by Gasteiger charge is 2.21. The van der Waals surface area contributed by atoms with E-state index >= 15 is 0 Å². The Labute approximate surface area is 116 Å². The maximum atomic E-state index is 9.42. The van der Waals surface area contributed by atoms with E-state index in [1.54, 1.807) is 0 Å². The molecule has 0 bridgehead atoms. The first-order valence-electron chi connectivity index (χ1n) is 7.50. The van der Waals surface area contributed by atoms with Crippen LogP contribution >= 0.6 is 0 Å². The molecule has 1 saturated carbocycles. The van der Waals surface area contributed by atoms with Crippen molar-refractivity contribution in [1.29, 1.82) is 0 Å².